The van der Waals surface area contributed by atoms with Crippen LogP contribution < -0.4 is 15.1 Å². The summed E-state index contributed by atoms with van der Waals surface area (Å²) in [6.45, 7) is 2.43. The van der Waals surface area contributed by atoms with E-state index in [9.17, 15) is 18.0 Å². The van der Waals surface area contributed by atoms with Crippen LogP contribution in [0, 0.1) is 5.92 Å². The first-order valence-corrected chi connectivity index (χ1v) is 12.7. The van der Waals surface area contributed by atoms with Crippen LogP contribution in [0.3, 0.4) is 0 Å². The van der Waals surface area contributed by atoms with Gasteiger partial charge in [0.1, 0.15) is 0 Å². The van der Waals surface area contributed by atoms with Gasteiger partial charge in [-0.1, -0.05) is 18.2 Å². The third-order valence-electron chi connectivity index (χ3n) is 5.91. The molecule has 3 heterocycles. The molecule has 2 amide bonds. The van der Waals surface area contributed by atoms with Crippen LogP contribution in [0.25, 0.3) is 0 Å². The minimum Gasteiger partial charge on any atom is -0.356 e. The maximum atomic E-state index is 12.7. The number of hydrogen-bond acceptors (Lipinski definition) is 7. The molecule has 0 saturated carbocycles. The van der Waals surface area contributed by atoms with Gasteiger partial charge in [0.05, 0.1) is 11.7 Å². The number of carbonyl (C=O) groups excluding carboxylic acids is 2. The molecule has 33 heavy (non-hydrogen) atoms. The summed E-state index contributed by atoms with van der Waals surface area (Å²) in [4.78, 5) is 36.8. The molecule has 2 aliphatic heterocycles. The molecule has 0 radical (unpaired) electrons. The minimum atomic E-state index is -3.41. The van der Waals surface area contributed by atoms with E-state index in [0.29, 0.717) is 45.1 Å². The van der Waals surface area contributed by atoms with Crippen molar-refractivity contribution in [2.24, 2.45) is 5.92 Å². The third kappa shape index (κ3) is 5.66. The Balaban J connectivity index is 1.19. The van der Waals surface area contributed by atoms with Gasteiger partial charge >= 0.3 is 0 Å². The maximum absolute atomic E-state index is 12.7. The molecule has 4 rings (SSSR count). The quantitative estimate of drug-likeness (QED) is 0.556. The Bertz CT molecular complexity index is 1060. The molecule has 10 nitrogen and oxygen atoms in total. The van der Waals surface area contributed by atoms with E-state index in [4.69, 9.17) is 0 Å². The van der Waals surface area contributed by atoms with E-state index in [1.165, 1.54) is 4.31 Å². The number of amides is 2. The van der Waals surface area contributed by atoms with E-state index < -0.39 is 15.9 Å². The molecule has 2 aliphatic rings. The number of aromatic nitrogens is 2. The van der Waals surface area contributed by atoms with Crippen LogP contribution in [-0.4, -0.2) is 79.5 Å². The average Bonchev–Trinajstić information content (AvgIpc) is 3.24. The topological polar surface area (TPSA) is 116 Å². The Labute approximate surface area is 193 Å². The number of nitrogens with one attached hydrogen (secondary N) is 1. The summed E-state index contributed by atoms with van der Waals surface area (Å²) in [7, 11) is -3.41. The van der Waals surface area contributed by atoms with Gasteiger partial charge in [-0.2, -0.15) is 4.31 Å². The molecule has 2 fully saturated rings. The molecule has 1 aromatic carbocycles. The van der Waals surface area contributed by atoms with Crippen molar-refractivity contribution in [2.45, 2.75) is 12.8 Å². The highest BCUT2D eigenvalue weighted by molar-refractivity contribution is 7.89. The lowest BCUT2D eigenvalue weighted by molar-refractivity contribution is -0.126. The fourth-order valence-electron chi connectivity index (χ4n) is 4.10. The summed E-state index contributed by atoms with van der Waals surface area (Å²) in [5, 5.41) is 2.80. The van der Waals surface area contributed by atoms with Crippen molar-refractivity contribution in [1.29, 1.82) is 0 Å². The number of benzene rings is 1. The van der Waals surface area contributed by atoms with Crippen LogP contribution in [0.4, 0.5) is 11.6 Å². The number of sulfonamides is 1. The van der Waals surface area contributed by atoms with Crippen LogP contribution >= 0.6 is 0 Å². The smallest absolute Gasteiger partial charge is 0.227 e. The maximum Gasteiger partial charge on any atom is 0.227 e. The van der Waals surface area contributed by atoms with Crippen molar-refractivity contribution in [3.8, 4) is 0 Å². The number of nitrogens with zero attached hydrogens (tertiary/aromatic N) is 5. The van der Waals surface area contributed by atoms with Gasteiger partial charge in [-0.3, -0.25) is 9.59 Å². The van der Waals surface area contributed by atoms with Crippen LogP contribution in [0.2, 0.25) is 0 Å². The molecule has 0 aliphatic carbocycles. The number of hydrogen-bond donors (Lipinski definition) is 1. The van der Waals surface area contributed by atoms with Gasteiger partial charge < -0.3 is 15.1 Å². The van der Waals surface area contributed by atoms with Gasteiger partial charge in [0.25, 0.3) is 0 Å². The van der Waals surface area contributed by atoms with Crippen molar-refractivity contribution < 1.29 is 18.0 Å². The summed E-state index contributed by atoms with van der Waals surface area (Å²) < 4.78 is 26.9. The Hall–Kier alpha value is -3.05. The van der Waals surface area contributed by atoms with Crippen LogP contribution in [-0.2, 0) is 19.6 Å². The standard InChI is InChI=1S/C22H28N6O4S/c29-20-16-18(17-28(20)19-6-2-1-3-7-19)21(30)23-10-5-15-33(31,32)27-13-11-26(12-14-27)22-24-8-4-9-25-22/h1-4,6-9,18H,5,10-17H2,(H,23,30). The molecular weight excluding hydrogens is 444 g/mol. The van der Waals surface area contributed by atoms with Gasteiger partial charge in [0.15, 0.2) is 0 Å². The molecule has 1 N–H and O–H groups in total. The molecule has 1 aromatic heterocycles. The zero-order valence-corrected chi connectivity index (χ0v) is 19.2. The second kappa shape index (κ2) is 10.3. The van der Waals surface area contributed by atoms with Gasteiger partial charge in [0.2, 0.25) is 27.8 Å². The Kier molecular flexibility index (Phi) is 7.19. The summed E-state index contributed by atoms with van der Waals surface area (Å²) in [6.07, 6.45) is 3.81. The molecule has 176 valence electrons. The molecule has 1 unspecified atom stereocenters. The van der Waals surface area contributed by atoms with Gasteiger partial charge in [-0.25, -0.2) is 18.4 Å². The van der Waals surface area contributed by atoms with Gasteiger partial charge in [-0.05, 0) is 24.6 Å². The second-order valence-electron chi connectivity index (χ2n) is 8.14. The summed E-state index contributed by atoms with van der Waals surface area (Å²) in [5.74, 6) is -0.148. The number of para-hydroxylation sites is 1. The van der Waals surface area contributed by atoms with Gasteiger partial charge in [0, 0.05) is 63.8 Å². The second-order valence-corrected chi connectivity index (χ2v) is 10.2. The largest absolute Gasteiger partial charge is 0.356 e. The fourth-order valence-corrected chi connectivity index (χ4v) is 5.59. The number of rotatable bonds is 8. The minimum absolute atomic E-state index is 0.0329. The molecule has 1 atom stereocenters. The highest BCUT2D eigenvalue weighted by atomic mass is 32.2. The lowest BCUT2D eigenvalue weighted by Crippen LogP contribution is -2.50. The lowest BCUT2D eigenvalue weighted by Gasteiger charge is -2.33. The van der Waals surface area contributed by atoms with Crippen molar-refractivity contribution in [3.05, 3.63) is 48.8 Å². The normalized spacial score (nSPS) is 19.6. The molecular formula is C22H28N6O4S. The third-order valence-corrected chi connectivity index (χ3v) is 7.87. The summed E-state index contributed by atoms with van der Waals surface area (Å²) >= 11 is 0. The predicted molar refractivity (Wildman–Crippen MR) is 124 cm³/mol. The first-order chi connectivity index (χ1) is 15.9. The van der Waals surface area contributed by atoms with Crippen molar-refractivity contribution >= 4 is 33.5 Å². The highest BCUT2D eigenvalue weighted by Gasteiger charge is 2.35. The first kappa shape index (κ1) is 23.1. The van der Waals surface area contributed by atoms with Crippen LogP contribution in [0.15, 0.2) is 48.8 Å². The first-order valence-electron chi connectivity index (χ1n) is 11.1. The summed E-state index contributed by atoms with van der Waals surface area (Å²) in [5.41, 5.74) is 0.780. The van der Waals surface area contributed by atoms with Crippen molar-refractivity contribution in [3.63, 3.8) is 0 Å². The van der Waals surface area contributed by atoms with E-state index in [0.717, 1.165) is 5.69 Å². The van der Waals surface area contributed by atoms with E-state index >= 15 is 0 Å². The molecule has 0 spiro atoms. The van der Waals surface area contributed by atoms with Crippen molar-refractivity contribution in [1.82, 2.24) is 19.6 Å². The van der Waals surface area contributed by atoms with E-state index in [-0.39, 0.29) is 30.5 Å². The van der Waals surface area contributed by atoms with Gasteiger partial charge in [-0.15, -0.1) is 0 Å². The molecule has 2 aromatic rings. The molecule has 0 bridgehead atoms. The van der Waals surface area contributed by atoms with Crippen LogP contribution in [0.5, 0.6) is 0 Å². The van der Waals surface area contributed by atoms with Crippen molar-refractivity contribution in [2.75, 3.05) is 54.8 Å². The van der Waals surface area contributed by atoms with E-state index in [1.54, 1.807) is 23.4 Å². The monoisotopic (exact) mass is 472 g/mol. The predicted octanol–water partition coefficient (Wildman–Crippen LogP) is 0.488. The fraction of sp³-hybridized carbons (Fsp3) is 0.455. The number of piperazine rings is 1. The Morgan fingerprint density at radius 2 is 1.73 bits per heavy atom. The Morgan fingerprint density at radius 1 is 1.03 bits per heavy atom. The van der Waals surface area contributed by atoms with E-state index in [1.807, 2.05) is 35.2 Å². The summed E-state index contributed by atoms with van der Waals surface area (Å²) in [6, 6.07) is 11.0. The van der Waals surface area contributed by atoms with E-state index in [2.05, 4.69) is 15.3 Å². The lowest BCUT2D eigenvalue weighted by atomic mass is 10.1. The van der Waals surface area contributed by atoms with Crippen LogP contribution in [0.1, 0.15) is 12.8 Å². The Morgan fingerprint density at radius 3 is 2.42 bits per heavy atom. The average molecular weight is 473 g/mol. The number of anilines is 2. The zero-order valence-electron chi connectivity index (χ0n) is 18.3. The molecule has 11 heteroatoms. The zero-order chi connectivity index (χ0) is 23.3. The number of carbonyl (C=O) groups is 2. The SMILES string of the molecule is O=C(NCCCS(=O)(=O)N1CCN(c2ncccn2)CC1)C1CC(=O)N(c2ccccc2)C1. The molecule has 2 saturated heterocycles. The highest BCUT2D eigenvalue weighted by Crippen LogP contribution is 2.24.